The van der Waals surface area contributed by atoms with Crippen LogP contribution in [0, 0.1) is 0 Å². The molecule has 0 radical (unpaired) electrons. The van der Waals surface area contributed by atoms with Gasteiger partial charge in [0, 0.05) is 25.5 Å². The predicted octanol–water partition coefficient (Wildman–Crippen LogP) is 2.41. The number of carbonyl (C=O) groups is 2. The van der Waals surface area contributed by atoms with Crippen LogP contribution in [0.1, 0.15) is 0 Å². The molecule has 0 aliphatic carbocycles. The molecule has 0 aliphatic rings. The van der Waals surface area contributed by atoms with Crippen LogP contribution in [-0.2, 0) is 14.8 Å². The highest BCUT2D eigenvalue weighted by Gasteiger charge is 2.24. The van der Waals surface area contributed by atoms with Crippen LogP contribution in [0.25, 0.3) is 0 Å². The summed E-state index contributed by atoms with van der Waals surface area (Å²) in [5.74, 6) is -0.495. The smallest absolute Gasteiger partial charge is 0.318 e. The Bertz CT molecular complexity index is 897. The van der Waals surface area contributed by atoms with Crippen LogP contribution in [0.3, 0.4) is 0 Å². The molecule has 26 heavy (non-hydrogen) atoms. The van der Waals surface area contributed by atoms with E-state index in [0.29, 0.717) is 15.7 Å². The van der Waals surface area contributed by atoms with Gasteiger partial charge in [-0.1, -0.05) is 11.6 Å². The van der Waals surface area contributed by atoms with E-state index in [-0.39, 0.29) is 16.8 Å². The lowest BCUT2D eigenvalue weighted by molar-refractivity contribution is -0.116. The molecular formula is C15H17ClN4O4S2. The Kier molecular flexibility index (Phi) is 6.59. The summed E-state index contributed by atoms with van der Waals surface area (Å²) in [6.07, 6.45) is 0. The fourth-order valence-electron chi connectivity index (χ4n) is 1.91. The second kappa shape index (κ2) is 8.49. The van der Waals surface area contributed by atoms with Crippen molar-refractivity contribution < 1.29 is 18.0 Å². The summed E-state index contributed by atoms with van der Waals surface area (Å²) in [5, 5.41) is 7.61. The molecule has 0 saturated carbocycles. The maximum Gasteiger partial charge on any atom is 0.318 e. The molecule has 0 bridgehead atoms. The molecule has 1 aromatic heterocycles. The topological polar surface area (TPSA) is 108 Å². The van der Waals surface area contributed by atoms with Crippen LogP contribution in [0.2, 0.25) is 4.34 Å². The molecule has 0 saturated heterocycles. The first-order valence-corrected chi connectivity index (χ1v) is 9.96. The summed E-state index contributed by atoms with van der Waals surface area (Å²) < 4.78 is 26.1. The zero-order valence-electron chi connectivity index (χ0n) is 13.9. The quantitative estimate of drug-likeness (QED) is 0.671. The summed E-state index contributed by atoms with van der Waals surface area (Å²) in [5.41, 5.74) is 1.03. The van der Waals surface area contributed by atoms with Gasteiger partial charge in [0.25, 0.3) is 10.0 Å². The van der Waals surface area contributed by atoms with Gasteiger partial charge in [0.2, 0.25) is 5.91 Å². The average molecular weight is 417 g/mol. The number of thiophene rings is 1. The number of amides is 3. The van der Waals surface area contributed by atoms with Gasteiger partial charge in [0.15, 0.2) is 0 Å². The Morgan fingerprint density at radius 1 is 1.08 bits per heavy atom. The molecule has 2 rings (SSSR count). The number of nitrogens with one attached hydrogen (secondary N) is 3. The van der Waals surface area contributed by atoms with Crippen molar-refractivity contribution in [3.8, 4) is 0 Å². The standard InChI is InChI=1S/C15H17ClN4O4S2/c1-17-15(22)19-11-5-3-10(4-6-11)18-13(21)9-20(2)26(23,24)14-8-7-12(16)25-14/h3-8H,9H2,1-2H3,(H,18,21)(H2,17,19,22). The molecule has 0 fully saturated rings. The molecule has 2 aromatic rings. The second-order valence-corrected chi connectivity index (χ2v) is 9.14. The molecule has 140 valence electrons. The molecule has 0 unspecified atom stereocenters. The second-order valence-electron chi connectivity index (χ2n) is 5.15. The van der Waals surface area contributed by atoms with E-state index < -0.39 is 15.9 Å². The molecule has 0 spiro atoms. The minimum atomic E-state index is -3.78. The van der Waals surface area contributed by atoms with Crippen LogP contribution < -0.4 is 16.0 Å². The molecule has 1 aromatic carbocycles. The first-order chi connectivity index (χ1) is 12.2. The highest BCUT2D eigenvalue weighted by Crippen LogP contribution is 2.27. The van der Waals surface area contributed by atoms with Gasteiger partial charge >= 0.3 is 6.03 Å². The maximum atomic E-state index is 12.4. The molecule has 0 aliphatic heterocycles. The van der Waals surface area contributed by atoms with Gasteiger partial charge in [-0.25, -0.2) is 13.2 Å². The number of halogens is 1. The molecular weight excluding hydrogens is 400 g/mol. The summed E-state index contributed by atoms with van der Waals surface area (Å²) in [4.78, 5) is 23.3. The van der Waals surface area contributed by atoms with E-state index in [1.165, 1.54) is 26.2 Å². The molecule has 8 nitrogen and oxygen atoms in total. The summed E-state index contributed by atoms with van der Waals surface area (Å²) in [6, 6.07) is 8.93. The van der Waals surface area contributed by atoms with Gasteiger partial charge in [0.05, 0.1) is 10.9 Å². The third kappa shape index (κ3) is 5.18. The van der Waals surface area contributed by atoms with E-state index in [4.69, 9.17) is 11.6 Å². The van der Waals surface area contributed by atoms with Gasteiger partial charge in [-0.3, -0.25) is 4.79 Å². The highest BCUT2D eigenvalue weighted by molar-refractivity contribution is 7.91. The van der Waals surface area contributed by atoms with Crippen LogP contribution >= 0.6 is 22.9 Å². The first-order valence-electron chi connectivity index (χ1n) is 7.32. The largest absolute Gasteiger partial charge is 0.341 e. The fraction of sp³-hybridized carbons (Fsp3) is 0.200. The monoisotopic (exact) mass is 416 g/mol. The third-order valence-corrected chi connectivity index (χ3v) is 6.73. The van der Waals surface area contributed by atoms with Crippen molar-refractivity contribution in [2.45, 2.75) is 4.21 Å². The van der Waals surface area contributed by atoms with Crippen LogP contribution in [-0.4, -0.2) is 45.3 Å². The summed E-state index contributed by atoms with van der Waals surface area (Å²) in [7, 11) is -0.959. The lowest BCUT2D eigenvalue weighted by atomic mass is 10.3. The zero-order chi connectivity index (χ0) is 19.3. The van der Waals surface area contributed by atoms with Gasteiger partial charge in [-0.15, -0.1) is 11.3 Å². The minimum Gasteiger partial charge on any atom is -0.341 e. The Hall–Kier alpha value is -2.14. The normalized spacial score (nSPS) is 11.2. The van der Waals surface area contributed by atoms with Crippen molar-refractivity contribution in [1.29, 1.82) is 0 Å². The van der Waals surface area contributed by atoms with Gasteiger partial charge in [-0.2, -0.15) is 4.31 Å². The molecule has 3 N–H and O–H groups in total. The minimum absolute atomic E-state index is 0.0717. The number of nitrogens with zero attached hydrogens (tertiary/aromatic N) is 1. The van der Waals surface area contributed by atoms with Crippen LogP contribution in [0.5, 0.6) is 0 Å². The Labute approximate surface area is 160 Å². The van der Waals surface area contributed by atoms with Crippen molar-refractivity contribution >= 4 is 56.3 Å². The molecule has 1 heterocycles. The SMILES string of the molecule is CNC(=O)Nc1ccc(NC(=O)CN(C)S(=O)(=O)c2ccc(Cl)s2)cc1. The lowest BCUT2D eigenvalue weighted by Crippen LogP contribution is -2.34. The highest BCUT2D eigenvalue weighted by atomic mass is 35.5. The van der Waals surface area contributed by atoms with Gasteiger partial charge in [0.1, 0.15) is 4.21 Å². The number of urea groups is 1. The summed E-state index contributed by atoms with van der Waals surface area (Å²) >= 11 is 6.69. The van der Waals surface area contributed by atoms with Crippen molar-refractivity contribution in [3.63, 3.8) is 0 Å². The van der Waals surface area contributed by atoms with E-state index in [9.17, 15) is 18.0 Å². The molecule has 0 atom stereocenters. The van der Waals surface area contributed by atoms with Crippen molar-refractivity contribution in [3.05, 3.63) is 40.7 Å². The van der Waals surface area contributed by atoms with Crippen LogP contribution in [0.4, 0.5) is 16.2 Å². The number of hydrogen-bond donors (Lipinski definition) is 3. The number of carbonyl (C=O) groups excluding carboxylic acids is 2. The predicted molar refractivity (Wildman–Crippen MR) is 102 cm³/mol. The number of benzene rings is 1. The Balaban J connectivity index is 1.96. The van der Waals surface area contributed by atoms with Crippen molar-refractivity contribution in [2.24, 2.45) is 0 Å². The number of likely N-dealkylation sites (N-methyl/N-ethyl adjacent to an activating group) is 1. The lowest BCUT2D eigenvalue weighted by Gasteiger charge is -2.15. The van der Waals surface area contributed by atoms with Crippen molar-refractivity contribution in [1.82, 2.24) is 9.62 Å². The molecule has 11 heteroatoms. The van der Waals surface area contributed by atoms with Crippen molar-refractivity contribution in [2.75, 3.05) is 31.3 Å². The van der Waals surface area contributed by atoms with E-state index in [1.807, 2.05) is 0 Å². The van der Waals surface area contributed by atoms with Gasteiger partial charge < -0.3 is 16.0 Å². The fourth-order valence-corrected chi connectivity index (χ4v) is 4.73. The molecule has 3 amide bonds. The van der Waals surface area contributed by atoms with E-state index in [1.54, 1.807) is 24.3 Å². The first kappa shape index (κ1) is 20.2. The number of rotatable bonds is 6. The maximum absolute atomic E-state index is 12.4. The average Bonchev–Trinajstić information content (AvgIpc) is 3.03. The van der Waals surface area contributed by atoms with E-state index in [2.05, 4.69) is 16.0 Å². The Morgan fingerprint density at radius 2 is 1.65 bits per heavy atom. The Morgan fingerprint density at radius 3 is 2.15 bits per heavy atom. The number of hydrogen-bond acceptors (Lipinski definition) is 5. The summed E-state index contributed by atoms with van der Waals surface area (Å²) in [6.45, 7) is -0.351. The van der Waals surface area contributed by atoms with Gasteiger partial charge in [-0.05, 0) is 36.4 Å². The zero-order valence-corrected chi connectivity index (χ0v) is 16.3. The van der Waals surface area contributed by atoms with E-state index >= 15 is 0 Å². The third-order valence-electron chi connectivity index (χ3n) is 3.23. The van der Waals surface area contributed by atoms with E-state index in [0.717, 1.165) is 15.6 Å². The number of anilines is 2. The number of sulfonamides is 1. The van der Waals surface area contributed by atoms with Crippen LogP contribution in [0.15, 0.2) is 40.6 Å².